The highest BCUT2D eigenvalue weighted by atomic mass is 16.3. The number of carbonyl (C=O) groups is 1. The van der Waals surface area contributed by atoms with Gasteiger partial charge in [0, 0.05) is 6.42 Å². The second kappa shape index (κ2) is 4.94. The van der Waals surface area contributed by atoms with Crippen LogP contribution in [0.25, 0.3) is 0 Å². The van der Waals surface area contributed by atoms with Crippen molar-refractivity contribution in [3.8, 4) is 0 Å². The minimum absolute atomic E-state index is 0.116. The van der Waals surface area contributed by atoms with Crippen LogP contribution in [0.1, 0.15) is 78.6 Å². The first-order chi connectivity index (χ1) is 10.8. The number of carbonyl (C=O) groups excluding carboxylic acids is 1. The van der Waals surface area contributed by atoms with Crippen molar-refractivity contribution in [2.75, 3.05) is 0 Å². The number of allylic oxidation sites excluding steroid dienone is 1. The van der Waals surface area contributed by atoms with E-state index in [4.69, 9.17) is 0 Å². The van der Waals surface area contributed by atoms with E-state index < -0.39 is 5.60 Å². The molecule has 4 aliphatic rings. The first-order valence-corrected chi connectivity index (χ1v) is 9.80. The smallest absolute Gasteiger partial charge is 0.155 e. The Morgan fingerprint density at radius 1 is 1.09 bits per heavy atom. The van der Waals surface area contributed by atoms with E-state index in [-0.39, 0.29) is 10.8 Å². The molecule has 0 aromatic rings. The minimum Gasteiger partial charge on any atom is -0.389 e. The van der Waals surface area contributed by atoms with Gasteiger partial charge in [-0.25, -0.2) is 0 Å². The highest BCUT2D eigenvalue weighted by Gasteiger charge is 2.63. The molecule has 0 unspecified atom stereocenters. The molecule has 23 heavy (non-hydrogen) atoms. The van der Waals surface area contributed by atoms with E-state index in [1.807, 2.05) is 6.08 Å². The van der Waals surface area contributed by atoms with Crippen LogP contribution in [0, 0.1) is 28.6 Å². The van der Waals surface area contributed by atoms with Crippen LogP contribution in [-0.2, 0) is 4.79 Å². The lowest BCUT2D eigenvalue weighted by atomic mass is 9.46. The lowest BCUT2D eigenvalue weighted by Crippen LogP contribution is -2.54. The summed E-state index contributed by atoms with van der Waals surface area (Å²) in [7, 11) is 0. The monoisotopic (exact) mass is 316 g/mol. The summed E-state index contributed by atoms with van der Waals surface area (Å²) in [6, 6.07) is 0. The van der Waals surface area contributed by atoms with Crippen LogP contribution in [0.4, 0.5) is 0 Å². The second-order valence-electron chi connectivity index (χ2n) is 9.35. The summed E-state index contributed by atoms with van der Waals surface area (Å²) in [6.07, 6.45) is 11.6. The van der Waals surface area contributed by atoms with Gasteiger partial charge in [-0.1, -0.05) is 26.3 Å². The Bertz CT molecular complexity index is 564. The molecule has 4 aliphatic carbocycles. The SMILES string of the molecule is CC[C@@]1(O)CC[C@H]2[C@@H]3CCC4=CC(=O)CC[C@]4(C)[C@H]3CC[C@@]21C. The lowest BCUT2D eigenvalue weighted by molar-refractivity contribution is -0.130. The van der Waals surface area contributed by atoms with Crippen LogP contribution in [0.5, 0.6) is 0 Å². The summed E-state index contributed by atoms with van der Waals surface area (Å²) >= 11 is 0. The topological polar surface area (TPSA) is 37.3 Å². The standard InChI is InChI=1S/C21H32O2/c1-4-21(23)12-9-18-16-6-5-14-13-15(22)7-10-19(14,2)17(16)8-11-20(18,21)3/h13,16-18,23H,4-12H2,1-3H3/t16-,17+,18+,19+,20+,21-/m1/s1. The second-order valence-corrected chi connectivity index (χ2v) is 9.35. The minimum atomic E-state index is -0.442. The van der Waals surface area contributed by atoms with Crippen molar-refractivity contribution in [1.82, 2.24) is 0 Å². The van der Waals surface area contributed by atoms with Gasteiger partial charge in [-0.15, -0.1) is 0 Å². The quantitative estimate of drug-likeness (QED) is 0.764. The van der Waals surface area contributed by atoms with Crippen molar-refractivity contribution in [3.63, 3.8) is 0 Å². The van der Waals surface area contributed by atoms with Crippen molar-refractivity contribution >= 4 is 5.78 Å². The average molecular weight is 316 g/mol. The maximum Gasteiger partial charge on any atom is 0.155 e. The maximum atomic E-state index is 11.9. The van der Waals surface area contributed by atoms with Crippen molar-refractivity contribution in [3.05, 3.63) is 11.6 Å². The number of aliphatic hydroxyl groups is 1. The Hall–Kier alpha value is -0.630. The fraction of sp³-hybridized carbons (Fsp3) is 0.857. The van der Waals surface area contributed by atoms with Crippen LogP contribution in [-0.4, -0.2) is 16.5 Å². The Labute approximate surface area is 140 Å². The van der Waals surface area contributed by atoms with Crippen molar-refractivity contribution < 1.29 is 9.90 Å². The van der Waals surface area contributed by atoms with Gasteiger partial charge in [0.15, 0.2) is 5.78 Å². The summed E-state index contributed by atoms with van der Waals surface area (Å²) in [5.74, 6) is 2.51. The fourth-order valence-electron chi connectivity index (χ4n) is 7.25. The van der Waals surface area contributed by atoms with E-state index >= 15 is 0 Å². The molecule has 0 bridgehead atoms. The van der Waals surface area contributed by atoms with E-state index in [0.29, 0.717) is 11.7 Å². The molecular formula is C21H32O2. The van der Waals surface area contributed by atoms with E-state index in [2.05, 4.69) is 20.8 Å². The van der Waals surface area contributed by atoms with E-state index in [1.54, 1.807) is 0 Å². The summed E-state index contributed by atoms with van der Waals surface area (Å²) in [5, 5.41) is 11.2. The number of hydrogen-bond acceptors (Lipinski definition) is 2. The van der Waals surface area contributed by atoms with Gasteiger partial charge >= 0.3 is 0 Å². The summed E-state index contributed by atoms with van der Waals surface area (Å²) in [4.78, 5) is 11.9. The summed E-state index contributed by atoms with van der Waals surface area (Å²) in [5.41, 5.74) is 1.38. The zero-order valence-electron chi connectivity index (χ0n) is 15.0. The molecule has 0 heterocycles. The third kappa shape index (κ3) is 1.94. The Balaban J connectivity index is 1.69. The molecule has 6 atom stereocenters. The Morgan fingerprint density at radius 3 is 2.57 bits per heavy atom. The molecule has 1 N–H and O–H groups in total. The molecule has 0 spiro atoms. The molecule has 0 amide bonds. The number of fused-ring (bicyclic) bond motifs is 5. The third-order valence-corrected chi connectivity index (χ3v) is 8.87. The Kier molecular flexibility index (Phi) is 3.41. The predicted molar refractivity (Wildman–Crippen MR) is 92.0 cm³/mol. The number of ketones is 1. The molecule has 3 saturated carbocycles. The number of rotatable bonds is 1. The lowest BCUT2D eigenvalue weighted by Gasteiger charge is -2.59. The van der Waals surface area contributed by atoms with Gasteiger partial charge in [0.1, 0.15) is 0 Å². The molecule has 0 radical (unpaired) electrons. The van der Waals surface area contributed by atoms with Gasteiger partial charge in [0.25, 0.3) is 0 Å². The first kappa shape index (κ1) is 15.9. The van der Waals surface area contributed by atoms with Crippen molar-refractivity contribution in [1.29, 1.82) is 0 Å². The van der Waals surface area contributed by atoms with E-state index in [1.165, 1.54) is 31.3 Å². The molecule has 0 aromatic heterocycles. The molecule has 0 aliphatic heterocycles. The van der Waals surface area contributed by atoms with E-state index in [0.717, 1.165) is 43.9 Å². The van der Waals surface area contributed by atoms with Gasteiger partial charge in [0.05, 0.1) is 5.60 Å². The molecule has 2 heteroatoms. The third-order valence-electron chi connectivity index (χ3n) is 8.87. The molecule has 128 valence electrons. The van der Waals surface area contributed by atoms with Gasteiger partial charge in [-0.3, -0.25) is 4.79 Å². The van der Waals surface area contributed by atoms with Crippen LogP contribution < -0.4 is 0 Å². The largest absolute Gasteiger partial charge is 0.389 e. The molecule has 2 nitrogen and oxygen atoms in total. The average Bonchev–Trinajstić information content (AvgIpc) is 2.80. The fourth-order valence-corrected chi connectivity index (χ4v) is 7.25. The van der Waals surface area contributed by atoms with Gasteiger partial charge in [0.2, 0.25) is 0 Å². The highest BCUT2D eigenvalue weighted by molar-refractivity contribution is 5.91. The van der Waals surface area contributed by atoms with Gasteiger partial charge in [-0.05, 0) is 86.0 Å². The molecule has 0 aromatic carbocycles. The Morgan fingerprint density at radius 2 is 1.83 bits per heavy atom. The van der Waals surface area contributed by atoms with E-state index in [9.17, 15) is 9.90 Å². The molecule has 3 fully saturated rings. The van der Waals surface area contributed by atoms with Crippen LogP contribution in [0.3, 0.4) is 0 Å². The molecule has 0 saturated heterocycles. The van der Waals surface area contributed by atoms with Crippen LogP contribution >= 0.6 is 0 Å². The van der Waals surface area contributed by atoms with Gasteiger partial charge in [-0.2, -0.15) is 0 Å². The normalized spacial score (nSPS) is 52.4. The summed E-state index contributed by atoms with van der Waals surface area (Å²) < 4.78 is 0. The zero-order chi connectivity index (χ0) is 16.5. The van der Waals surface area contributed by atoms with Crippen LogP contribution in [0.2, 0.25) is 0 Å². The van der Waals surface area contributed by atoms with Crippen molar-refractivity contribution in [2.24, 2.45) is 28.6 Å². The predicted octanol–water partition coefficient (Wildman–Crippen LogP) is 4.66. The van der Waals surface area contributed by atoms with Crippen LogP contribution in [0.15, 0.2) is 11.6 Å². The zero-order valence-corrected chi connectivity index (χ0v) is 15.0. The van der Waals surface area contributed by atoms with Crippen molar-refractivity contribution in [2.45, 2.75) is 84.2 Å². The molecule has 4 rings (SSSR count). The maximum absolute atomic E-state index is 11.9. The summed E-state index contributed by atoms with van der Waals surface area (Å²) in [6.45, 7) is 6.98. The first-order valence-electron chi connectivity index (χ1n) is 9.80. The van der Waals surface area contributed by atoms with Gasteiger partial charge < -0.3 is 5.11 Å². The molecular weight excluding hydrogens is 284 g/mol. The highest BCUT2D eigenvalue weighted by Crippen LogP contribution is 2.67. The number of hydrogen-bond donors (Lipinski definition) is 1.